The number of halogens is 5. The summed E-state index contributed by atoms with van der Waals surface area (Å²) in [5.41, 5.74) is 1.49. The Kier molecular flexibility index (Phi) is 7.77. The van der Waals surface area contributed by atoms with Gasteiger partial charge in [-0.25, -0.2) is 4.39 Å². The first-order valence-corrected chi connectivity index (χ1v) is 9.49. The number of rotatable bonds is 9. The maximum Gasteiger partial charge on any atom is 0.423 e. The molecule has 0 spiro atoms. The van der Waals surface area contributed by atoms with E-state index in [-0.39, 0.29) is 18.2 Å². The molecule has 0 aliphatic heterocycles. The molecule has 0 aliphatic rings. The van der Waals surface area contributed by atoms with Gasteiger partial charge in [0.2, 0.25) is 6.17 Å². The van der Waals surface area contributed by atoms with Crippen molar-refractivity contribution in [1.29, 1.82) is 0 Å². The molecule has 29 heavy (non-hydrogen) atoms. The molecule has 2 unspecified atom stereocenters. The minimum atomic E-state index is -4.93. The first-order valence-electron chi connectivity index (χ1n) is 8.95. The summed E-state index contributed by atoms with van der Waals surface area (Å²) >= 11 is 5.53. The van der Waals surface area contributed by atoms with Crippen molar-refractivity contribution >= 4 is 11.6 Å². The number of ether oxygens (including phenoxy) is 2. The van der Waals surface area contributed by atoms with Crippen molar-refractivity contribution in [2.24, 2.45) is 0 Å². The molecule has 0 saturated carbocycles. The lowest BCUT2D eigenvalue weighted by Crippen LogP contribution is -2.30. The van der Waals surface area contributed by atoms with Crippen molar-refractivity contribution in [3.63, 3.8) is 0 Å². The van der Waals surface area contributed by atoms with Gasteiger partial charge in [-0.15, -0.1) is 11.6 Å². The molecule has 0 bridgehead atoms. The van der Waals surface area contributed by atoms with Crippen LogP contribution in [0.5, 0.6) is 11.5 Å². The lowest BCUT2D eigenvalue weighted by Gasteiger charge is -2.26. The second kappa shape index (κ2) is 9.67. The summed E-state index contributed by atoms with van der Waals surface area (Å²) in [6.45, 7) is 3.02. The van der Waals surface area contributed by atoms with Crippen LogP contribution in [0.25, 0.3) is 0 Å². The summed E-state index contributed by atoms with van der Waals surface area (Å²) < 4.78 is 59.9. The maximum atomic E-state index is 13.0. The Labute approximate surface area is 172 Å². The topological polar surface area (TPSA) is 38.7 Å². The number of benzene rings is 2. The van der Waals surface area contributed by atoms with Gasteiger partial charge in [-0.3, -0.25) is 0 Å². The van der Waals surface area contributed by atoms with E-state index in [0.717, 1.165) is 11.1 Å². The Balaban J connectivity index is 2.03. The van der Waals surface area contributed by atoms with E-state index in [1.165, 1.54) is 12.1 Å². The van der Waals surface area contributed by atoms with Crippen LogP contribution in [0.1, 0.15) is 25.0 Å². The SMILES string of the molecule is CC(C)(c1ccc(OCC(O)CCl)cc1)c1ccc(OCC(F)C(F)(F)F)cc1. The third-order valence-electron chi connectivity index (χ3n) is 4.52. The van der Waals surface area contributed by atoms with Gasteiger partial charge in [0, 0.05) is 5.41 Å². The summed E-state index contributed by atoms with van der Waals surface area (Å²) in [6.07, 6.45) is -8.69. The minimum absolute atomic E-state index is 0.0903. The molecular weight excluding hydrogens is 412 g/mol. The van der Waals surface area contributed by atoms with Crippen molar-refractivity contribution in [3.05, 3.63) is 59.7 Å². The molecule has 2 aromatic carbocycles. The van der Waals surface area contributed by atoms with Gasteiger partial charge in [-0.05, 0) is 35.4 Å². The first kappa shape index (κ1) is 23.3. The normalized spacial score (nSPS) is 14.3. The molecule has 2 atom stereocenters. The molecule has 0 radical (unpaired) electrons. The van der Waals surface area contributed by atoms with Gasteiger partial charge in [0.15, 0.2) is 0 Å². The van der Waals surface area contributed by atoms with E-state index in [2.05, 4.69) is 0 Å². The third-order valence-corrected chi connectivity index (χ3v) is 4.88. The highest BCUT2D eigenvalue weighted by Gasteiger charge is 2.40. The molecular formula is C21H23ClF4O3. The van der Waals surface area contributed by atoms with Crippen molar-refractivity contribution in [2.45, 2.75) is 37.7 Å². The van der Waals surface area contributed by atoms with Crippen LogP contribution in [0.4, 0.5) is 17.6 Å². The molecule has 1 N–H and O–H groups in total. The van der Waals surface area contributed by atoms with E-state index in [0.29, 0.717) is 5.75 Å². The highest BCUT2D eigenvalue weighted by atomic mass is 35.5. The van der Waals surface area contributed by atoms with Crippen LogP contribution in [0.2, 0.25) is 0 Å². The first-order chi connectivity index (χ1) is 13.5. The monoisotopic (exact) mass is 434 g/mol. The fourth-order valence-corrected chi connectivity index (χ4v) is 2.69. The zero-order valence-corrected chi connectivity index (χ0v) is 16.8. The van der Waals surface area contributed by atoms with Gasteiger partial charge in [-0.2, -0.15) is 13.2 Å². The smallest absolute Gasteiger partial charge is 0.423 e. The number of aliphatic hydroxyl groups excluding tert-OH is 1. The molecule has 3 nitrogen and oxygen atoms in total. The highest BCUT2D eigenvalue weighted by Crippen LogP contribution is 2.33. The summed E-state index contributed by atoms with van der Waals surface area (Å²) in [5, 5.41) is 9.44. The fraction of sp³-hybridized carbons (Fsp3) is 0.429. The average molecular weight is 435 g/mol. The molecule has 0 saturated heterocycles. The molecule has 160 valence electrons. The molecule has 0 fully saturated rings. The Bertz CT molecular complexity index is 761. The van der Waals surface area contributed by atoms with Crippen LogP contribution in [0.15, 0.2) is 48.5 Å². The van der Waals surface area contributed by atoms with E-state index >= 15 is 0 Å². The Hall–Kier alpha value is -1.99. The van der Waals surface area contributed by atoms with Crippen molar-refractivity contribution in [3.8, 4) is 11.5 Å². The third kappa shape index (κ3) is 6.51. The second-order valence-electron chi connectivity index (χ2n) is 7.11. The van der Waals surface area contributed by atoms with E-state index in [4.69, 9.17) is 21.1 Å². The maximum absolute atomic E-state index is 13.0. The molecule has 8 heteroatoms. The van der Waals surface area contributed by atoms with Crippen LogP contribution < -0.4 is 9.47 Å². The van der Waals surface area contributed by atoms with Crippen molar-refractivity contribution in [2.75, 3.05) is 19.1 Å². The molecule has 2 rings (SSSR count). The van der Waals surface area contributed by atoms with Crippen molar-refractivity contribution in [1.82, 2.24) is 0 Å². The number of hydrogen-bond acceptors (Lipinski definition) is 3. The lowest BCUT2D eigenvalue weighted by atomic mass is 9.78. The van der Waals surface area contributed by atoms with Crippen LogP contribution in [-0.2, 0) is 5.41 Å². The number of hydrogen-bond donors (Lipinski definition) is 1. The van der Waals surface area contributed by atoms with Gasteiger partial charge < -0.3 is 14.6 Å². The standard InChI is InChI=1S/C21H23ClF4O3/c1-20(2,14-3-7-17(8-4-14)28-12-16(27)11-22)15-5-9-18(10-6-15)29-13-19(23)21(24,25)26/h3-10,16,19,27H,11-13H2,1-2H3. The minimum Gasteiger partial charge on any atom is -0.491 e. The zero-order valence-electron chi connectivity index (χ0n) is 16.0. The van der Waals surface area contributed by atoms with Gasteiger partial charge in [0.05, 0.1) is 5.88 Å². The van der Waals surface area contributed by atoms with E-state index in [9.17, 15) is 22.7 Å². The number of aliphatic hydroxyl groups is 1. The predicted octanol–water partition coefficient (Wildman–Crippen LogP) is 5.27. The molecule has 0 heterocycles. The van der Waals surface area contributed by atoms with Gasteiger partial charge >= 0.3 is 6.18 Å². The highest BCUT2D eigenvalue weighted by molar-refractivity contribution is 6.18. The summed E-state index contributed by atoms with van der Waals surface area (Å²) in [7, 11) is 0. The van der Waals surface area contributed by atoms with Crippen LogP contribution in [-0.4, -0.2) is 42.7 Å². The molecule has 2 aromatic rings. The molecule has 0 aromatic heterocycles. The largest absolute Gasteiger partial charge is 0.491 e. The van der Waals surface area contributed by atoms with Gasteiger partial charge in [0.25, 0.3) is 0 Å². The molecule has 0 amide bonds. The van der Waals surface area contributed by atoms with Crippen molar-refractivity contribution < 1.29 is 32.1 Å². The summed E-state index contributed by atoms with van der Waals surface area (Å²) in [6, 6.07) is 13.9. The van der Waals surface area contributed by atoms with Crippen LogP contribution in [0, 0.1) is 0 Å². The van der Waals surface area contributed by atoms with Gasteiger partial charge in [0.1, 0.15) is 30.8 Å². The van der Waals surface area contributed by atoms with E-state index in [1.807, 2.05) is 26.0 Å². The average Bonchev–Trinajstić information content (AvgIpc) is 2.70. The summed E-state index contributed by atoms with van der Waals surface area (Å²) in [5.74, 6) is 0.855. The second-order valence-corrected chi connectivity index (χ2v) is 7.42. The van der Waals surface area contributed by atoms with Gasteiger partial charge in [-0.1, -0.05) is 38.1 Å². The summed E-state index contributed by atoms with van der Waals surface area (Å²) in [4.78, 5) is 0. The lowest BCUT2D eigenvalue weighted by molar-refractivity contribution is -0.187. The Morgan fingerprint density at radius 3 is 1.66 bits per heavy atom. The Morgan fingerprint density at radius 2 is 1.28 bits per heavy atom. The zero-order chi connectivity index (χ0) is 21.7. The fourth-order valence-electron chi connectivity index (χ4n) is 2.60. The van der Waals surface area contributed by atoms with E-state index in [1.54, 1.807) is 24.3 Å². The van der Waals surface area contributed by atoms with Crippen LogP contribution in [0.3, 0.4) is 0 Å². The van der Waals surface area contributed by atoms with E-state index < -0.39 is 30.5 Å². The predicted molar refractivity (Wildman–Crippen MR) is 104 cm³/mol. The molecule has 0 aliphatic carbocycles. The Morgan fingerprint density at radius 1 is 0.862 bits per heavy atom. The quantitative estimate of drug-likeness (QED) is 0.431. The van der Waals surface area contributed by atoms with Crippen LogP contribution >= 0.6 is 11.6 Å². The number of alkyl halides is 5.